The molecule has 0 saturated carbocycles. The topological polar surface area (TPSA) is 0 Å². The van der Waals surface area contributed by atoms with Crippen LogP contribution < -0.4 is 0 Å². The highest BCUT2D eigenvalue weighted by molar-refractivity contribution is 9.03. The van der Waals surface area contributed by atoms with Gasteiger partial charge in [-0.05, 0) is 11.5 Å². The zero-order valence-corrected chi connectivity index (χ0v) is 14.9. The van der Waals surface area contributed by atoms with Crippen LogP contribution in [0.2, 0.25) is 0 Å². The highest BCUT2D eigenvalue weighted by Crippen LogP contribution is 2.87. The van der Waals surface area contributed by atoms with Crippen molar-refractivity contribution in [2.75, 3.05) is 11.5 Å². The molecule has 0 aromatic carbocycles. The van der Waals surface area contributed by atoms with Gasteiger partial charge in [-0.25, -0.2) is 0 Å². The summed E-state index contributed by atoms with van der Waals surface area (Å²) in [6.45, 7) is 4.63. The molecule has 0 amide bonds. The Morgan fingerprint density at radius 3 is 1.85 bits per heavy atom. The monoisotopic (exact) mass is 342 g/mol. The van der Waals surface area contributed by atoms with E-state index in [1.807, 2.05) is 0 Å². The highest BCUT2D eigenvalue weighted by atomic mass is 33.5. The van der Waals surface area contributed by atoms with Crippen LogP contribution in [0, 0.1) is 0 Å². The van der Waals surface area contributed by atoms with Crippen molar-refractivity contribution in [2.24, 2.45) is 0 Å². The van der Waals surface area contributed by atoms with Crippen LogP contribution in [-0.2, 0) is 0 Å². The maximum atomic E-state index is 2.40. The van der Waals surface area contributed by atoms with E-state index in [0.717, 1.165) is 0 Å². The number of fused-ring (bicyclic) bond motifs is 2. The standard InChI is InChI=1S/C4H10P4S5/c1-3-9-6-5-7(10-4-2)13-8(11-5)12-6/h3-4H2,1-2H3. The van der Waals surface area contributed by atoms with Gasteiger partial charge in [-0.2, -0.15) is 0 Å². The summed E-state index contributed by atoms with van der Waals surface area (Å²) in [4.78, 5) is 0.324. The first kappa shape index (κ1) is 12.0. The summed E-state index contributed by atoms with van der Waals surface area (Å²) < 4.78 is 0. The summed E-state index contributed by atoms with van der Waals surface area (Å²) in [6, 6.07) is 0. The molecule has 9 heteroatoms. The van der Waals surface area contributed by atoms with E-state index >= 15 is 0 Å². The molecule has 0 spiro atoms. The fraction of sp³-hybridized carbons (Fsp3) is 1.00. The van der Waals surface area contributed by atoms with Gasteiger partial charge in [-0.1, -0.05) is 68.3 Å². The van der Waals surface area contributed by atoms with E-state index in [4.69, 9.17) is 0 Å². The lowest BCUT2D eigenvalue weighted by Gasteiger charge is -1.99. The van der Waals surface area contributed by atoms with Crippen molar-refractivity contribution in [3.63, 3.8) is 0 Å². The van der Waals surface area contributed by atoms with Gasteiger partial charge in [0.25, 0.3) is 0 Å². The van der Waals surface area contributed by atoms with Crippen molar-refractivity contribution in [1.82, 2.24) is 0 Å². The molecule has 0 aliphatic heterocycles. The molecule has 2 aromatic rings. The van der Waals surface area contributed by atoms with Crippen LogP contribution in [0.1, 0.15) is 13.8 Å². The smallest absolute Gasteiger partial charge is 0.0836 e. The lowest BCUT2D eigenvalue weighted by Crippen LogP contribution is -1.51. The maximum Gasteiger partial charge on any atom is 0.0836 e. The lowest BCUT2D eigenvalue weighted by molar-refractivity contribution is 1.54. The van der Waals surface area contributed by atoms with E-state index in [9.17, 15) is 0 Å². The SMILES string of the molecule is CCSp1sp2sp(SCC)p1s2. The van der Waals surface area contributed by atoms with Crippen LogP contribution in [0.3, 0.4) is 0 Å². The molecule has 13 heavy (non-hydrogen) atoms. The average Bonchev–Trinajstić information content (AvgIpc) is 2.64. The molecule has 2 bridgehead atoms. The molecule has 0 radical (unpaired) electrons. The molecule has 0 N–H and O–H groups in total. The second-order valence-corrected chi connectivity index (χ2v) is 36.4. The van der Waals surface area contributed by atoms with Crippen LogP contribution in [0.5, 0.6) is 0 Å². The molecule has 0 nitrogen and oxygen atoms in total. The third-order valence-electron chi connectivity index (χ3n) is 1.17. The molecule has 2 heterocycles. The van der Waals surface area contributed by atoms with Gasteiger partial charge >= 0.3 is 0 Å². The van der Waals surface area contributed by atoms with E-state index in [1.54, 1.807) is 0 Å². The van der Waals surface area contributed by atoms with Gasteiger partial charge in [-0.3, -0.25) is 0 Å². The highest BCUT2D eigenvalue weighted by Gasteiger charge is 2.12. The number of hydrogen-bond acceptors (Lipinski definition) is 5. The zero-order chi connectivity index (χ0) is 9.26. The Hall–Kier alpha value is 2.56. The quantitative estimate of drug-likeness (QED) is 0.557. The molecular weight excluding hydrogens is 332 g/mol. The minimum Gasteiger partial charge on any atom is -0.0915 e. The van der Waals surface area contributed by atoms with Gasteiger partial charge in [0.05, 0.1) is 4.88 Å². The van der Waals surface area contributed by atoms with Crippen LogP contribution >= 0.6 is 76.3 Å². The summed E-state index contributed by atoms with van der Waals surface area (Å²) in [6.07, 6.45) is 0. The molecule has 0 aliphatic rings. The minimum atomic E-state index is 0.324. The third-order valence-corrected chi connectivity index (χ3v) is 64.3. The molecule has 2 aromatic heterocycles. The van der Waals surface area contributed by atoms with E-state index < -0.39 is 0 Å². The van der Waals surface area contributed by atoms with Crippen molar-refractivity contribution < 1.29 is 0 Å². The Kier molecular flexibility index (Phi) is 5.33. The predicted octanol–water partition coefficient (Wildman–Crippen LogP) is 7.72. The first-order chi connectivity index (χ1) is 6.35. The summed E-state index contributed by atoms with van der Waals surface area (Å²) >= 11 is 4.55. The van der Waals surface area contributed by atoms with Gasteiger partial charge in [0, 0.05) is 17.1 Å². The van der Waals surface area contributed by atoms with E-state index in [2.05, 4.69) is 68.3 Å². The molecule has 0 fully saturated rings. The van der Waals surface area contributed by atoms with Crippen LogP contribution in [0.15, 0.2) is 0 Å². The second kappa shape index (κ2) is 5.76. The van der Waals surface area contributed by atoms with Crippen LogP contribution in [0.25, 0.3) is 0 Å². The largest absolute Gasteiger partial charge is 0.0915 e. The second-order valence-electron chi connectivity index (χ2n) is 2.03. The average molecular weight is 342 g/mol. The van der Waals surface area contributed by atoms with Crippen LogP contribution in [0.4, 0.5) is 0 Å². The van der Waals surface area contributed by atoms with Gasteiger partial charge < -0.3 is 0 Å². The number of rotatable bonds is 4. The van der Waals surface area contributed by atoms with Crippen LogP contribution in [-0.4, -0.2) is 11.5 Å². The summed E-state index contributed by atoms with van der Waals surface area (Å²) in [5.41, 5.74) is 0.734. The van der Waals surface area contributed by atoms with Crippen molar-refractivity contribution in [2.45, 2.75) is 13.8 Å². The Labute approximate surface area is 101 Å². The molecule has 0 aliphatic carbocycles. The lowest BCUT2D eigenvalue weighted by atomic mass is 11.0. The Balaban J connectivity index is 2.33. The molecule has 2 atom stereocenters. The third kappa shape index (κ3) is 2.82. The first-order valence-corrected chi connectivity index (χ1v) is 19.9. The Bertz CT molecular complexity index is 358. The first-order valence-electron chi connectivity index (χ1n) is 3.85. The van der Waals surface area contributed by atoms with Gasteiger partial charge in [0.15, 0.2) is 0 Å². The zero-order valence-electron chi connectivity index (χ0n) is 7.24. The predicted molar refractivity (Wildman–Crippen MR) is 84.0 cm³/mol. The minimum absolute atomic E-state index is 0.324. The summed E-state index contributed by atoms with van der Waals surface area (Å²) in [5, 5.41) is 0. The maximum absolute atomic E-state index is 2.40. The van der Waals surface area contributed by atoms with Crippen molar-refractivity contribution in [3.05, 3.63) is 0 Å². The molecule has 2 rings (SSSR count). The van der Waals surface area contributed by atoms with Crippen molar-refractivity contribution in [3.8, 4) is 0 Å². The van der Waals surface area contributed by atoms with Crippen molar-refractivity contribution >= 4 is 76.3 Å². The van der Waals surface area contributed by atoms with Gasteiger partial charge in [-0.15, -0.1) is 0 Å². The van der Waals surface area contributed by atoms with E-state index in [0.29, 0.717) is 21.9 Å². The Morgan fingerprint density at radius 2 is 1.46 bits per heavy atom. The van der Waals surface area contributed by atoms with E-state index in [1.165, 1.54) is 11.5 Å². The Morgan fingerprint density at radius 1 is 0.923 bits per heavy atom. The van der Waals surface area contributed by atoms with Gasteiger partial charge in [0.1, 0.15) is 0 Å². The molecular formula is C4H10P4S5. The summed E-state index contributed by atoms with van der Waals surface area (Å²) in [7, 11) is 7.13. The normalized spacial score (nSPS) is 17.1. The van der Waals surface area contributed by atoms with E-state index in [-0.39, 0.29) is 0 Å². The number of hydrogen-bond donors (Lipinski definition) is 0. The fourth-order valence-corrected chi connectivity index (χ4v) is 115. The summed E-state index contributed by atoms with van der Waals surface area (Å²) in [5.74, 6) is 3.10. The molecule has 2 unspecified atom stereocenters. The molecule has 76 valence electrons. The van der Waals surface area contributed by atoms with Crippen molar-refractivity contribution in [1.29, 1.82) is 0 Å². The fourth-order valence-electron chi connectivity index (χ4n) is 0.767. The molecule has 0 saturated heterocycles. The van der Waals surface area contributed by atoms with Gasteiger partial charge in [0.2, 0.25) is 0 Å².